The zero-order valence-corrected chi connectivity index (χ0v) is 14.2. The fraction of sp³-hybridized carbons (Fsp3) is 0.312. The molecule has 0 fully saturated rings. The van der Waals surface area contributed by atoms with Crippen LogP contribution in [0.25, 0.3) is 0 Å². The lowest BCUT2D eigenvalue weighted by Crippen LogP contribution is -2.27. The van der Waals surface area contributed by atoms with Crippen LogP contribution in [0.5, 0.6) is 0 Å². The lowest BCUT2D eigenvalue weighted by atomic mass is 9.95. The summed E-state index contributed by atoms with van der Waals surface area (Å²) in [5.41, 5.74) is -2.69. The Morgan fingerprint density at radius 3 is 1.69 bits per heavy atom. The summed E-state index contributed by atoms with van der Waals surface area (Å²) in [5.74, 6) is -8.17. The minimum atomic E-state index is -1.75. The third kappa shape index (κ3) is 2.46. The van der Waals surface area contributed by atoms with Gasteiger partial charge in [-0.3, -0.25) is 9.59 Å². The predicted molar refractivity (Wildman–Crippen MR) is 80.3 cm³/mol. The van der Waals surface area contributed by atoms with E-state index in [2.05, 4.69) is 18.9 Å². The van der Waals surface area contributed by atoms with Gasteiger partial charge in [0.05, 0.1) is 28.4 Å². The Kier molecular flexibility index (Phi) is 4.96. The number of esters is 4. The van der Waals surface area contributed by atoms with Crippen LogP contribution >= 0.6 is 0 Å². The molecular weight excluding hydrogens is 352 g/mol. The zero-order chi connectivity index (χ0) is 19.8. The monoisotopic (exact) mass is 366 g/mol. The summed E-state index contributed by atoms with van der Waals surface area (Å²) in [5, 5.41) is 10.4. The van der Waals surface area contributed by atoms with Gasteiger partial charge in [0.2, 0.25) is 0 Å². The molecule has 2 aliphatic rings. The molecule has 2 rings (SSSR count). The number of methoxy groups -OCH3 is 4. The molecule has 0 saturated heterocycles. The first-order chi connectivity index (χ1) is 12.3. The van der Waals surface area contributed by atoms with Crippen LogP contribution in [0.1, 0.15) is 0 Å². The fourth-order valence-electron chi connectivity index (χ4n) is 2.83. The summed E-state index contributed by atoms with van der Waals surface area (Å²) in [6.45, 7) is 0. The van der Waals surface area contributed by atoms with Gasteiger partial charge in [-0.05, 0) is 0 Å². The Bertz CT molecular complexity index is 839. The molecule has 0 amide bonds. The molecule has 0 aromatic rings. The molecule has 1 N–H and O–H groups in total. The largest absolute Gasteiger partial charge is 0.506 e. The van der Waals surface area contributed by atoms with Crippen LogP contribution in [-0.2, 0) is 42.9 Å². The first-order valence-corrected chi connectivity index (χ1v) is 7.06. The Hall–Kier alpha value is -3.43. The normalized spacial score (nSPS) is 18.8. The third-order valence-electron chi connectivity index (χ3n) is 3.91. The van der Waals surface area contributed by atoms with E-state index in [0.717, 1.165) is 28.4 Å². The lowest BCUT2D eigenvalue weighted by molar-refractivity contribution is -0.147. The summed E-state index contributed by atoms with van der Waals surface area (Å²) in [6, 6.07) is 0. The lowest BCUT2D eigenvalue weighted by Gasteiger charge is -2.11. The second kappa shape index (κ2) is 6.82. The van der Waals surface area contributed by atoms with Gasteiger partial charge < -0.3 is 24.1 Å². The van der Waals surface area contributed by atoms with Crippen molar-refractivity contribution in [3.63, 3.8) is 0 Å². The van der Waals surface area contributed by atoms with Crippen LogP contribution in [0, 0.1) is 5.92 Å². The molecule has 0 spiro atoms. The zero-order valence-electron chi connectivity index (χ0n) is 14.2. The van der Waals surface area contributed by atoms with Gasteiger partial charge in [0.1, 0.15) is 28.4 Å². The molecule has 1 atom stereocenters. The summed E-state index contributed by atoms with van der Waals surface area (Å²) >= 11 is 0. The highest BCUT2D eigenvalue weighted by molar-refractivity contribution is 6.31. The Labute approximate surface area is 146 Å². The number of ketones is 1. The minimum absolute atomic E-state index is 0.369. The molecule has 0 heterocycles. The number of carbonyl (C=O) groups excluding carboxylic acids is 5. The third-order valence-corrected chi connectivity index (χ3v) is 3.91. The molecule has 26 heavy (non-hydrogen) atoms. The van der Waals surface area contributed by atoms with Crippen molar-refractivity contribution in [3.05, 3.63) is 33.6 Å². The van der Waals surface area contributed by atoms with E-state index < -0.39 is 63.6 Å². The molecule has 0 aromatic carbocycles. The number of hydrogen-bond acceptors (Lipinski definition) is 10. The van der Waals surface area contributed by atoms with Gasteiger partial charge in [-0.25, -0.2) is 14.4 Å². The number of carbonyl (C=O) groups is 5. The van der Waals surface area contributed by atoms with E-state index in [9.17, 15) is 29.1 Å². The minimum Gasteiger partial charge on any atom is -0.506 e. The van der Waals surface area contributed by atoms with Crippen molar-refractivity contribution in [3.8, 4) is 0 Å². The number of hydrogen-bond donors (Lipinski definition) is 1. The van der Waals surface area contributed by atoms with E-state index >= 15 is 0 Å². The van der Waals surface area contributed by atoms with Gasteiger partial charge >= 0.3 is 23.9 Å². The topological polar surface area (TPSA) is 142 Å². The van der Waals surface area contributed by atoms with Crippen molar-refractivity contribution in [2.24, 2.45) is 5.92 Å². The van der Waals surface area contributed by atoms with E-state index in [4.69, 9.17) is 0 Å². The second-order valence-electron chi connectivity index (χ2n) is 5.06. The van der Waals surface area contributed by atoms with Gasteiger partial charge in [-0.2, -0.15) is 0 Å². The number of aliphatic hydroxyl groups is 1. The number of rotatable bonds is 4. The van der Waals surface area contributed by atoms with Gasteiger partial charge in [-0.15, -0.1) is 0 Å². The Balaban J connectivity index is 2.93. The molecule has 0 aliphatic heterocycles. The summed E-state index contributed by atoms with van der Waals surface area (Å²) < 4.78 is 18.2. The van der Waals surface area contributed by atoms with Crippen molar-refractivity contribution in [2.75, 3.05) is 28.4 Å². The maximum absolute atomic E-state index is 12.6. The smallest absolute Gasteiger partial charge is 0.342 e. The van der Waals surface area contributed by atoms with Crippen LogP contribution in [-0.4, -0.2) is 63.2 Å². The molecule has 10 nitrogen and oxygen atoms in total. The van der Waals surface area contributed by atoms with Crippen LogP contribution in [0.2, 0.25) is 0 Å². The van der Waals surface area contributed by atoms with E-state index in [1.807, 2.05) is 0 Å². The molecule has 0 radical (unpaired) electrons. The maximum atomic E-state index is 12.6. The van der Waals surface area contributed by atoms with Crippen LogP contribution < -0.4 is 0 Å². The van der Waals surface area contributed by atoms with Crippen molar-refractivity contribution >= 4 is 29.7 Å². The highest BCUT2D eigenvalue weighted by Crippen LogP contribution is 2.48. The molecule has 0 bridgehead atoms. The first-order valence-electron chi connectivity index (χ1n) is 7.06. The van der Waals surface area contributed by atoms with Crippen LogP contribution in [0.4, 0.5) is 0 Å². The number of aliphatic hydroxyl groups excluding tert-OH is 1. The van der Waals surface area contributed by atoms with Gasteiger partial charge in [-0.1, -0.05) is 0 Å². The van der Waals surface area contributed by atoms with Crippen LogP contribution in [0.15, 0.2) is 33.6 Å². The van der Waals surface area contributed by atoms with E-state index in [1.165, 1.54) is 0 Å². The maximum Gasteiger partial charge on any atom is 0.342 e. The average molecular weight is 366 g/mol. The van der Waals surface area contributed by atoms with Crippen molar-refractivity contribution in [1.82, 2.24) is 0 Å². The molecule has 138 valence electrons. The fourth-order valence-corrected chi connectivity index (χ4v) is 2.83. The van der Waals surface area contributed by atoms with E-state index in [0.29, 0.717) is 0 Å². The molecule has 10 heteroatoms. The number of Topliss-reactive ketones (excluding diaryl/α,β-unsaturated/α-hetero) is 1. The molecule has 0 saturated carbocycles. The Morgan fingerprint density at radius 1 is 0.769 bits per heavy atom. The summed E-state index contributed by atoms with van der Waals surface area (Å²) in [6.07, 6.45) is 0. The quantitative estimate of drug-likeness (QED) is 0.293. The van der Waals surface area contributed by atoms with E-state index in [-0.39, 0.29) is 5.57 Å². The average Bonchev–Trinajstić information content (AvgIpc) is 3.08. The van der Waals surface area contributed by atoms with Crippen molar-refractivity contribution < 1.29 is 48.0 Å². The van der Waals surface area contributed by atoms with Gasteiger partial charge in [0.15, 0.2) is 5.78 Å². The van der Waals surface area contributed by atoms with Crippen molar-refractivity contribution in [2.45, 2.75) is 0 Å². The van der Waals surface area contributed by atoms with Crippen molar-refractivity contribution in [1.29, 1.82) is 0 Å². The Morgan fingerprint density at radius 2 is 1.23 bits per heavy atom. The molecule has 0 aromatic heterocycles. The highest BCUT2D eigenvalue weighted by atomic mass is 16.5. The standard InChI is InChI=1S/C16H14O10/c1-23-13(19)7-5-6(9(11(7)17)15(21)25-3)10(16(22)26-4)12(18)8(5)14(20)24-2/h7,18H,1-4H3. The second-order valence-corrected chi connectivity index (χ2v) is 5.06. The molecular formula is C16H14O10. The first kappa shape index (κ1) is 18.9. The summed E-state index contributed by atoms with van der Waals surface area (Å²) in [4.78, 5) is 61.0. The highest BCUT2D eigenvalue weighted by Gasteiger charge is 2.54. The molecule has 2 aliphatic carbocycles. The summed E-state index contributed by atoms with van der Waals surface area (Å²) in [7, 11) is 3.96. The number of ether oxygens (including phenoxy) is 4. The SMILES string of the molecule is COC(=O)C1=C(O)C(C(=O)OC)=C2C1=C(C(=O)OC)C(=O)C2C(=O)OC. The van der Waals surface area contributed by atoms with E-state index in [1.54, 1.807) is 0 Å². The van der Waals surface area contributed by atoms with Crippen LogP contribution in [0.3, 0.4) is 0 Å². The molecule has 1 unspecified atom stereocenters. The predicted octanol–water partition coefficient (Wildman–Crippen LogP) is -0.704. The van der Waals surface area contributed by atoms with Gasteiger partial charge in [0, 0.05) is 11.1 Å². The number of fused-ring (bicyclic) bond motifs is 1. The van der Waals surface area contributed by atoms with Gasteiger partial charge in [0.25, 0.3) is 0 Å².